The third-order valence-electron chi connectivity index (χ3n) is 2.89. The van der Waals surface area contributed by atoms with Crippen LogP contribution < -0.4 is 5.32 Å². The van der Waals surface area contributed by atoms with Crippen LogP contribution in [0.4, 0.5) is 0 Å². The number of amides is 1. The van der Waals surface area contributed by atoms with Crippen LogP contribution in [0.15, 0.2) is 24.3 Å². The molecule has 19 heavy (non-hydrogen) atoms. The minimum Gasteiger partial charge on any atom is -0.462 e. The molecule has 0 bridgehead atoms. The Morgan fingerprint density at radius 2 is 1.74 bits per heavy atom. The van der Waals surface area contributed by atoms with Crippen LogP contribution in [0.1, 0.15) is 31.9 Å². The molecule has 0 aliphatic carbocycles. The minimum absolute atomic E-state index is 0.137. The number of hydrogen-bond acceptors (Lipinski definition) is 3. The second-order valence-corrected chi connectivity index (χ2v) is 5.44. The van der Waals surface area contributed by atoms with Gasteiger partial charge in [-0.05, 0) is 23.0 Å². The van der Waals surface area contributed by atoms with Crippen molar-refractivity contribution in [3.05, 3.63) is 35.4 Å². The molecule has 0 saturated heterocycles. The summed E-state index contributed by atoms with van der Waals surface area (Å²) in [6.45, 7) is 6.92. The highest BCUT2D eigenvalue weighted by molar-refractivity contribution is 6.32. The van der Waals surface area contributed by atoms with Crippen molar-refractivity contribution < 1.29 is 14.3 Å². The van der Waals surface area contributed by atoms with Gasteiger partial charge in [-0.15, -0.1) is 0 Å². The highest BCUT2D eigenvalue weighted by Crippen LogP contribution is 2.22. The lowest BCUT2D eigenvalue weighted by atomic mass is 9.86. The van der Waals surface area contributed by atoms with Crippen molar-refractivity contribution in [3.8, 4) is 0 Å². The predicted molar refractivity (Wildman–Crippen MR) is 73.9 cm³/mol. The average molecular weight is 263 g/mol. The van der Waals surface area contributed by atoms with Gasteiger partial charge in [0.25, 0.3) is 0 Å². The fourth-order valence-electron chi connectivity index (χ4n) is 1.66. The van der Waals surface area contributed by atoms with Gasteiger partial charge >= 0.3 is 11.9 Å². The minimum atomic E-state index is -0.858. The SMILES string of the molecule is COC(=O)C(=O)NCCc1ccc(C(C)(C)C)cc1. The van der Waals surface area contributed by atoms with Crippen LogP contribution in [-0.4, -0.2) is 25.5 Å². The fourth-order valence-corrected chi connectivity index (χ4v) is 1.66. The van der Waals surface area contributed by atoms with Crippen LogP contribution in [0.5, 0.6) is 0 Å². The van der Waals surface area contributed by atoms with Crippen LogP contribution in [0.3, 0.4) is 0 Å². The van der Waals surface area contributed by atoms with Crippen molar-refractivity contribution in [1.82, 2.24) is 5.32 Å². The van der Waals surface area contributed by atoms with Crippen LogP contribution in [0, 0.1) is 0 Å². The number of hydrogen-bond donors (Lipinski definition) is 1. The Morgan fingerprint density at radius 1 is 1.16 bits per heavy atom. The van der Waals surface area contributed by atoms with Crippen LogP contribution in [0.25, 0.3) is 0 Å². The van der Waals surface area contributed by atoms with Crippen LogP contribution in [0.2, 0.25) is 0 Å². The van der Waals surface area contributed by atoms with E-state index in [0.29, 0.717) is 13.0 Å². The summed E-state index contributed by atoms with van der Waals surface area (Å²) in [6.07, 6.45) is 0.688. The number of benzene rings is 1. The monoisotopic (exact) mass is 263 g/mol. The molecule has 0 aliphatic heterocycles. The molecule has 1 rings (SSSR count). The third kappa shape index (κ3) is 4.73. The largest absolute Gasteiger partial charge is 0.462 e. The van der Waals surface area contributed by atoms with Crippen molar-refractivity contribution in [2.24, 2.45) is 0 Å². The summed E-state index contributed by atoms with van der Waals surface area (Å²) >= 11 is 0. The number of esters is 1. The first-order valence-corrected chi connectivity index (χ1v) is 6.30. The number of methoxy groups -OCH3 is 1. The topological polar surface area (TPSA) is 55.4 Å². The summed E-state index contributed by atoms with van der Waals surface area (Å²) in [5.74, 6) is -1.56. The summed E-state index contributed by atoms with van der Waals surface area (Å²) in [5, 5.41) is 2.51. The van der Waals surface area contributed by atoms with Crippen LogP contribution >= 0.6 is 0 Å². The molecule has 0 spiro atoms. The van der Waals surface area contributed by atoms with Gasteiger partial charge in [0.15, 0.2) is 0 Å². The lowest BCUT2D eigenvalue weighted by Gasteiger charge is -2.19. The molecule has 1 N–H and O–H groups in total. The van der Waals surface area contributed by atoms with Crippen LogP contribution in [-0.2, 0) is 26.2 Å². The highest BCUT2D eigenvalue weighted by Gasteiger charge is 2.14. The van der Waals surface area contributed by atoms with Gasteiger partial charge in [0.05, 0.1) is 7.11 Å². The molecule has 104 valence electrons. The standard InChI is InChI=1S/C15H21NO3/c1-15(2,3)12-7-5-11(6-8-12)9-10-16-13(17)14(18)19-4/h5-8H,9-10H2,1-4H3,(H,16,17). The molecule has 1 aromatic carbocycles. The maximum Gasteiger partial charge on any atom is 0.396 e. The molecule has 1 aromatic rings. The molecule has 0 radical (unpaired) electrons. The van der Waals surface area contributed by atoms with Gasteiger partial charge in [-0.2, -0.15) is 0 Å². The van der Waals surface area contributed by atoms with E-state index in [1.165, 1.54) is 12.7 Å². The maximum atomic E-state index is 11.2. The first kappa shape index (κ1) is 15.2. The Morgan fingerprint density at radius 3 is 2.21 bits per heavy atom. The zero-order valence-electron chi connectivity index (χ0n) is 11.9. The smallest absolute Gasteiger partial charge is 0.396 e. The third-order valence-corrected chi connectivity index (χ3v) is 2.89. The quantitative estimate of drug-likeness (QED) is 0.668. The van der Waals surface area contributed by atoms with Crippen molar-refractivity contribution >= 4 is 11.9 Å². The highest BCUT2D eigenvalue weighted by atomic mass is 16.5. The van der Waals surface area contributed by atoms with Gasteiger partial charge in [-0.25, -0.2) is 4.79 Å². The van der Waals surface area contributed by atoms with E-state index in [-0.39, 0.29) is 5.41 Å². The summed E-state index contributed by atoms with van der Waals surface area (Å²) in [5.41, 5.74) is 2.53. The Bertz CT molecular complexity index is 443. The Balaban J connectivity index is 2.47. The van der Waals surface area contributed by atoms with E-state index in [1.807, 2.05) is 12.1 Å². The molecule has 0 aliphatic rings. The van der Waals surface area contributed by atoms with E-state index in [9.17, 15) is 9.59 Å². The van der Waals surface area contributed by atoms with Gasteiger partial charge in [0.1, 0.15) is 0 Å². The zero-order valence-corrected chi connectivity index (χ0v) is 11.9. The van der Waals surface area contributed by atoms with Crippen molar-refractivity contribution in [3.63, 3.8) is 0 Å². The summed E-state index contributed by atoms with van der Waals surface area (Å²) in [4.78, 5) is 22.0. The summed E-state index contributed by atoms with van der Waals surface area (Å²) in [7, 11) is 1.19. The average Bonchev–Trinajstić information content (AvgIpc) is 2.37. The van der Waals surface area contributed by atoms with Gasteiger partial charge in [-0.1, -0.05) is 45.0 Å². The maximum absolute atomic E-state index is 11.2. The van der Waals surface area contributed by atoms with Gasteiger partial charge in [0, 0.05) is 6.54 Å². The predicted octanol–water partition coefficient (Wildman–Crippen LogP) is 1.82. The molecule has 0 heterocycles. The molecule has 0 aromatic heterocycles. The first-order valence-electron chi connectivity index (χ1n) is 6.30. The normalized spacial score (nSPS) is 10.9. The fraction of sp³-hybridized carbons (Fsp3) is 0.467. The number of rotatable bonds is 3. The number of carbonyl (C=O) groups excluding carboxylic acids is 2. The zero-order chi connectivity index (χ0) is 14.5. The van der Waals surface area contributed by atoms with E-state index in [1.54, 1.807) is 0 Å². The number of ether oxygens (including phenoxy) is 1. The number of nitrogens with one attached hydrogen (secondary N) is 1. The van der Waals surface area contributed by atoms with E-state index < -0.39 is 11.9 Å². The second kappa shape index (κ2) is 6.36. The van der Waals surface area contributed by atoms with E-state index in [4.69, 9.17) is 0 Å². The molecule has 4 heteroatoms. The molecule has 0 fully saturated rings. The van der Waals surface area contributed by atoms with Crippen molar-refractivity contribution in [2.45, 2.75) is 32.6 Å². The lowest BCUT2D eigenvalue weighted by molar-refractivity contribution is -0.152. The molecular formula is C15H21NO3. The van der Waals surface area contributed by atoms with Gasteiger partial charge in [-0.3, -0.25) is 4.79 Å². The molecule has 0 saturated carbocycles. The van der Waals surface area contributed by atoms with Gasteiger partial charge < -0.3 is 10.1 Å². The van der Waals surface area contributed by atoms with E-state index in [2.05, 4.69) is 43.0 Å². The molecule has 0 atom stereocenters. The lowest BCUT2D eigenvalue weighted by Crippen LogP contribution is -2.33. The Labute approximate surface area is 114 Å². The number of carbonyl (C=O) groups is 2. The van der Waals surface area contributed by atoms with Gasteiger partial charge in [0.2, 0.25) is 0 Å². The van der Waals surface area contributed by atoms with Crippen molar-refractivity contribution in [1.29, 1.82) is 0 Å². The Hall–Kier alpha value is -1.84. The summed E-state index contributed by atoms with van der Waals surface area (Å²) in [6, 6.07) is 8.28. The Kier molecular flexibility index (Phi) is 5.10. The first-order chi connectivity index (χ1) is 8.84. The molecular weight excluding hydrogens is 242 g/mol. The van der Waals surface area contributed by atoms with E-state index >= 15 is 0 Å². The molecule has 0 unspecified atom stereocenters. The summed E-state index contributed by atoms with van der Waals surface area (Å²) < 4.78 is 4.32. The molecule has 4 nitrogen and oxygen atoms in total. The van der Waals surface area contributed by atoms with Crippen molar-refractivity contribution in [2.75, 3.05) is 13.7 Å². The van der Waals surface area contributed by atoms with E-state index in [0.717, 1.165) is 5.56 Å². The second-order valence-electron chi connectivity index (χ2n) is 5.44. The molecule has 1 amide bonds.